The molecule has 0 spiro atoms. The van der Waals surface area contributed by atoms with E-state index in [1.165, 1.54) is 6.26 Å². The van der Waals surface area contributed by atoms with Gasteiger partial charge in [0.05, 0.1) is 22.8 Å². The molecular formula is C19H25N5O3S. The number of nitrogens with two attached hydrogens (primary N) is 1. The number of nitrogen functional groups attached to an aromatic ring is 1. The number of aliphatic hydroxyl groups excluding tert-OH is 1. The van der Waals surface area contributed by atoms with Crippen molar-refractivity contribution in [1.29, 1.82) is 0 Å². The number of anilines is 1. The van der Waals surface area contributed by atoms with Gasteiger partial charge in [-0.15, -0.1) is 0 Å². The second-order valence-corrected chi connectivity index (χ2v) is 9.45. The van der Waals surface area contributed by atoms with Crippen molar-refractivity contribution in [3.05, 3.63) is 30.1 Å². The first-order valence-electron chi connectivity index (χ1n) is 9.45. The number of aliphatic hydroxyl groups is 1. The summed E-state index contributed by atoms with van der Waals surface area (Å²) >= 11 is 0. The summed E-state index contributed by atoms with van der Waals surface area (Å²) in [6.07, 6.45) is 5.67. The molecule has 1 fully saturated rings. The Morgan fingerprint density at radius 1 is 1.21 bits per heavy atom. The van der Waals surface area contributed by atoms with E-state index in [0.717, 1.165) is 48.5 Å². The molecule has 1 saturated carbocycles. The normalized spacial score (nSPS) is 17.4. The van der Waals surface area contributed by atoms with Crippen molar-refractivity contribution in [2.75, 3.05) is 12.0 Å². The molecule has 2 aromatic heterocycles. The topological polar surface area (TPSA) is 123 Å². The predicted molar refractivity (Wildman–Crippen MR) is 109 cm³/mol. The third-order valence-corrected chi connectivity index (χ3v) is 6.31. The van der Waals surface area contributed by atoms with E-state index < -0.39 is 15.6 Å². The molecule has 1 aromatic carbocycles. The Bertz CT molecular complexity index is 1130. The lowest BCUT2D eigenvalue weighted by Gasteiger charge is -2.38. The molecule has 8 nitrogen and oxygen atoms in total. The lowest BCUT2D eigenvalue weighted by Crippen LogP contribution is -2.52. The van der Waals surface area contributed by atoms with Gasteiger partial charge in [0, 0.05) is 11.9 Å². The Hall–Kier alpha value is -2.23. The van der Waals surface area contributed by atoms with Crippen molar-refractivity contribution < 1.29 is 13.5 Å². The third-order valence-electron chi connectivity index (χ3n) is 5.50. The summed E-state index contributed by atoms with van der Waals surface area (Å²) in [4.78, 5) is 8.95. The minimum absolute atomic E-state index is 0.266. The molecule has 4 rings (SSSR count). The molecule has 0 saturated heterocycles. The van der Waals surface area contributed by atoms with Gasteiger partial charge in [-0.05, 0) is 18.9 Å². The molecule has 28 heavy (non-hydrogen) atoms. The third kappa shape index (κ3) is 3.45. The number of rotatable bonds is 5. The number of hydrogen-bond acceptors (Lipinski definition) is 6. The summed E-state index contributed by atoms with van der Waals surface area (Å²) in [5.74, 6) is 0.760. The SMILES string of the molecule is CS(=O)(=O)NC1(Cn2c(CO)nc3c(N)nc4ccccc4c32)CCCCC1. The second kappa shape index (κ2) is 6.98. The lowest BCUT2D eigenvalue weighted by atomic mass is 9.82. The number of fused-ring (bicyclic) bond motifs is 3. The van der Waals surface area contributed by atoms with E-state index in [2.05, 4.69) is 14.7 Å². The number of nitrogens with zero attached hydrogens (tertiary/aromatic N) is 3. The van der Waals surface area contributed by atoms with Crippen LogP contribution in [0.4, 0.5) is 5.82 Å². The average molecular weight is 404 g/mol. The Balaban J connectivity index is 1.94. The smallest absolute Gasteiger partial charge is 0.209 e. The summed E-state index contributed by atoms with van der Waals surface area (Å²) in [5, 5.41) is 10.8. The molecule has 150 valence electrons. The minimum Gasteiger partial charge on any atom is -0.388 e. The van der Waals surface area contributed by atoms with Crippen molar-refractivity contribution in [2.24, 2.45) is 0 Å². The zero-order valence-electron chi connectivity index (χ0n) is 15.9. The Morgan fingerprint density at radius 3 is 2.61 bits per heavy atom. The molecule has 3 aromatic rings. The van der Waals surface area contributed by atoms with E-state index in [1.54, 1.807) is 0 Å². The van der Waals surface area contributed by atoms with Gasteiger partial charge < -0.3 is 15.4 Å². The molecular weight excluding hydrogens is 378 g/mol. The maximum absolute atomic E-state index is 12.1. The lowest BCUT2D eigenvalue weighted by molar-refractivity contribution is 0.222. The van der Waals surface area contributed by atoms with Crippen LogP contribution in [0.25, 0.3) is 21.9 Å². The molecule has 0 radical (unpaired) electrons. The fourth-order valence-electron chi connectivity index (χ4n) is 4.41. The van der Waals surface area contributed by atoms with Crippen LogP contribution in [0.1, 0.15) is 37.9 Å². The standard InChI is InChI=1S/C19H25N5O3S/c1-28(26,27)23-19(9-5-2-6-10-19)12-24-15(11-25)22-16-17(24)13-7-3-4-8-14(13)21-18(16)20/h3-4,7-8,23,25H,2,5-6,9-12H2,1H3,(H2,20,21). The Kier molecular flexibility index (Phi) is 4.76. The number of pyridine rings is 1. The molecule has 0 bridgehead atoms. The number of benzene rings is 1. The van der Waals surface area contributed by atoms with Gasteiger partial charge in [0.2, 0.25) is 10.0 Å². The number of hydrogen-bond donors (Lipinski definition) is 3. The van der Waals surface area contributed by atoms with Crippen LogP contribution in [-0.4, -0.2) is 39.9 Å². The van der Waals surface area contributed by atoms with E-state index in [9.17, 15) is 13.5 Å². The first kappa shape index (κ1) is 19.1. The highest BCUT2D eigenvalue weighted by Crippen LogP contribution is 2.34. The monoisotopic (exact) mass is 403 g/mol. The van der Waals surface area contributed by atoms with Crippen LogP contribution >= 0.6 is 0 Å². The summed E-state index contributed by atoms with van der Waals surface area (Å²) in [6, 6.07) is 7.63. The molecule has 2 heterocycles. The van der Waals surface area contributed by atoms with Gasteiger partial charge in [0.15, 0.2) is 5.82 Å². The first-order valence-corrected chi connectivity index (χ1v) is 11.3. The molecule has 0 aliphatic heterocycles. The fraction of sp³-hybridized carbons (Fsp3) is 0.474. The number of aromatic nitrogens is 3. The van der Waals surface area contributed by atoms with E-state index in [-0.39, 0.29) is 6.61 Å². The first-order chi connectivity index (χ1) is 13.3. The van der Waals surface area contributed by atoms with Crippen LogP contribution in [0.5, 0.6) is 0 Å². The number of para-hydroxylation sites is 1. The second-order valence-electron chi connectivity index (χ2n) is 7.70. The maximum Gasteiger partial charge on any atom is 0.209 e. The highest BCUT2D eigenvalue weighted by Gasteiger charge is 2.36. The van der Waals surface area contributed by atoms with Crippen molar-refractivity contribution in [3.63, 3.8) is 0 Å². The molecule has 4 N–H and O–H groups in total. The van der Waals surface area contributed by atoms with E-state index in [1.807, 2.05) is 28.8 Å². The predicted octanol–water partition coefficient (Wildman–Crippen LogP) is 1.91. The molecule has 0 unspecified atom stereocenters. The number of imidazole rings is 1. The summed E-state index contributed by atoms with van der Waals surface area (Å²) in [5.41, 5.74) is 7.60. The van der Waals surface area contributed by atoms with Crippen molar-refractivity contribution >= 4 is 37.8 Å². The zero-order chi connectivity index (χ0) is 19.9. The van der Waals surface area contributed by atoms with Crippen LogP contribution in [0, 0.1) is 0 Å². The molecule has 1 aliphatic rings. The van der Waals surface area contributed by atoms with Gasteiger partial charge in [0.25, 0.3) is 0 Å². The van der Waals surface area contributed by atoms with Gasteiger partial charge in [0.1, 0.15) is 17.9 Å². The fourth-order valence-corrected chi connectivity index (χ4v) is 5.47. The molecule has 0 atom stereocenters. The Morgan fingerprint density at radius 2 is 1.93 bits per heavy atom. The summed E-state index contributed by atoms with van der Waals surface area (Å²) in [6.45, 7) is 0.122. The largest absolute Gasteiger partial charge is 0.388 e. The maximum atomic E-state index is 12.1. The summed E-state index contributed by atoms with van der Waals surface area (Å²) in [7, 11) is -3.39. The zero-order valence-corrected chi connectivity index (χ0v) is 16.7. The van der Waals surface area contributed by atoms with Crippen LogP contribution in [0.2, 0.25) is 0 Å². The van der Waals surface area contributed by atoms with Crippen LogP contribution < -0.4 is 10.5 Å². The van der Waals surface area contributed by atoms with Gasteiger partial charge in [-0.3, -0.25) is 0 Å². The van der Waals surface area contributed by atoms with Crippen molar-refractivity contribution in [2.45, 2.75) is 50.8 Å². The van der Waals surface area contributed by atoms with Gasteiger partial charge in [-0.2, -0.15) is 0 Å². The van der Waals surface area contributed by atoms with Crippen molar-refractivity contribution in [3.8, 4) is 0 Å². The van der Waals surface area contributed by atoms with Crippen LogP contribution in [0.15, 0.2) is 24.3 Å². The Labute approximate surface area is 163 Å². The molecule has 9 heteroatoms. The van der Waals surface area contributed by atoms with E-state index in [4.69, 9.17) is 5.73 Å². The molecule has 1 aliphatic carbocycles. The van der Waals surface area contributed by atoms with Gasteiger partial charge >= 0.3 is 0 Å². The van der Waals surface area contributed by atoms with Gasteiger partial charge in [-0.25, -0.2) is 23.1 Å². The van der Waals surface area contributed by atoms with Gasteiger partial charge in [-0.1, -0.05) is 37.5 Å². The highest BCUT2D eigenvalue weighted by molar-refractivity contribution is 7.88. The van der Waals surface area contributed by atoms with Crippen molar-refractivity contribution in [1.82, 2.24) is 19.3 Å². The molecule has 0 amide bonds. The minimum atomic E-state index is -3.39. The van der Waals surface area contributed by atoms with E-state index >= 15 is 0 Å². The van der Waals surface area contributed by atoms with Crippen LogP contribution in [0.3, 0.4) is 0 Å². The van der Waals surface area contributed by atoms with Crippen LogP contribution in [-0.2, 0) is 23.2 Å². The van der Waals surface area contributed by atoms with E-state index in [0.29, 0.717) is 23.7 Å². The quantitative estimate of drug-likeness (QED) is 0.598. The summed E-state index contributed by atoms with van der Waals surface area (Å²) < 4.78 is 29.0. The number of sulfonamides is 1. The highest BCUT2D eigenvalue weighted by atomic mass is 32.2. The average Bonchev–Trinajstić information content (AvgIpc) is 3.00. The number of nitrogens with one attached hydrogen (secondary N) is 1.